The Balaban J connectivity index is 3.12. The molecule has 0 heterocycles. The van der Waals surface area contributed by atoms with Crippen LogP contribution in [0.5, 0.6) is 0 Å². The molecule has 0 saturated heterocycles. The third-order valence-electron chi connectivity index (χ3n) is 4.35. The van der Waals surface area contributed by atoms with E-state index >= 15 is 0 Å². The van der Waals surface area contributed by atoms with Crippen LogP contribution in [-0.2, 0) is 9.53 Å². The molecule has 0 aromatic heterocycles. The monoisotopic (exact) mass is 340 g/mol. The van der Waals surface area contributed by atoms with Crippen LogP contribution in [0.1, 0.15) is 110 Å². The number of rotatable bonds is 17. The number of carbonyl (C=O) groups excluding carboxylic acids is 1. The van der Waals surface area contributed by atoms with Gasteiger partial charge in [0.1, 0.15) is 6.10 Å². The average molecular weight is 341 g/mol. The maximum absolute atomic E-state index is 11.0. The first-order chi connectivity index (χ1) is 11.7. The van der Waals surface area contributed by atoms with Crippen LogP contribution in [-0.4, -0.2) is 17.2 Å². The SMILES string of the molecule is CCCCCCCCCCCCCCCCC=COC(=O)C(C)O. The average Bonchev–Trinajstić information content (AvgIpc) is 2.57. The van der Waals surface area contributed by atoms with Crippen LogP contribution in [0.15, 0.2) is 12.3 Å². The van der Waals surface area contributed by atoms with Crippen molar-refractivity contribution >= 4 is 5.97 Å². The van der Waals surface area contributed by atoms with Crippen molar-refractivity contribution < 1.29 is 14.6 Å². The number of aliphatic hydroxyl groups excluding tert-OH is 1. The molecule has 0 fully saturated rings. The third-order valence-corrected chi connectivity index (χ3v) is 4.35. The summed E-state index contributed by atoms with van der Waals surface area (Å²) in [4.78, 5) is 11.0. The Bertz CT molecular complexity index is 297. The molecule has 142 valence electrons. The van der Waals surface area contributed by atoms with Gasteiger partial charge in [-0.15, -0.1) is 0 Å². The normalized spacial score (nSPS) is 12.6. The van der Waals surface area contributed by atoms with Crippen molar-refractivity contribution in [1.82, 2.24) is 0 Å². The first-order valence-corrected chi connectivity index (χ1v) is 10.2. The number of ether oxygens (including phenoxy) is 1. The van der Waals surface area contributed by atoms with Gasteiger partial charge in [0.25, 0.3) is 0 Å². The maximum Gasteiger partial charge on any atom is 0.339 e. The predicted molar refractivity (Wildman–Crippen MR) is 102 cm³/mol. The molecule has 0 aromatic carbocycles. The van der Waals surface area contributed by atoms with Crippen molar-refractivity contribution in [2.45, 2.75) is 116 Å². The lowest BCUT2D eigenvalue weighted by Gasteiger charge is -2.03. The zero-order chi connectivity index (χ0) is 17.9. The smallest absolute Gasteiger partial charge is 0.339 e. The first kappa shape index (κ1) is 23.2. The summed E-state index contributed by atoms with van der Waals surface area (Å²) >= 11 is 0. The van der Waals surface area contributed by atoms with Crippen LogP contribution in [0.2, 0.25) is 0 Å². The van der Waals surface area contributed by atoms with E-state index in [1.165, 1.54) is 96.7 Å². The quantitative estimate of drug-likeness (QED) is 0.192. The molecular formula is C21H40O3. The fourth-order valence-corrected chi connectivity index (χ4v) is 2.74. The van der Waals surface area contributed by atoms with E-state index in [1.807, 2.05) is 6.08 Å². The van der Waals surface area contributed by atoms with Crippen LogP contribution < -0.4 is 0 Å². The zero-order valence-electron chi connectivity index (χ0n) is 16.1. The lowest BCUT2D eigenvalue weighted by molar-refractivity contribution is -0.146. The molecule has 3 heteroatoms. The molecule has 0 amide bonds. The summed E-state index contributed by atoms with van der Waals surface area (Å²) in [6.45, 7) is 3.68. The van der Waals surface area contributed by atoms with Gasteiger partial charge >= 0.3 is 5.97 Å². The van der Waals surface area contributed by atoms with Crippen molar-refractivity contribution in [2.24, 2.45) is 0 Å². The van der Waals surface area contributed by atoms with Gasteiger partial charge in [0, 0.05) is 0 Å². The van der Waals surface area contributed by atoms with Crippen molar-refractivity contribution in [3.05, 3.63) is 12.3 Å². The third kappa shape index (κ3) is 17.5. The van der Waals surface area contributed by atoms with E-state index < -0.39 is 12.1 Å². The number of esters is 1. The summed E-state index contributed by atoms with van der Waals surface area (Å²) < 4.78 is 4.75. The standard InChI is InChI=1S/C21H40O3/c1-3-4-5-6-7-8-9-10-11-12-13-14-15-16-17-18-19-24-21(23)20(2)22/h18-20,22H,3-17H2,1-2H3. The molecule has 0 aliphatic carbocycles. The van der Waals surface area contributed by atoms with Gasteiger partial charge in [0.15, 0.2) is 0 Å². The summed E-state index contributed by atoms with van der Waals surface area (Å²) in [5.74, 6) is -0.591. The largest absolute Gasteiger partial charge is 0.433 e. The van der Waals surface area contributed by atoms with E-state index in [2.05, 4.69) is 6.92 Å². The van der Waals surface area contributed by atoms with Crippen molar-refractivity contribution in [1.29, 1.82) is 0 Å². The molecule has 3 nitrogen and oxygen atoms in total. The van der Waals surface area contributed by atoms with Crippen molar-refractivity contribution in [3.63, 3.8) is 0 Å². The highest BCUT2D eigenvalue weighted by Crippen LogP contribution is 2.13. The molecule has 0 aliphatic heterocycles. The number of aliphatic hydroxyl groups is 1. The van der Waals surface area contributed by atoms with Gasteiger partial charge in [-0.3, -0.25) is 0 Å². The highest BCUT2D eigenvalue weighted by atomic mass is 16.5. The number of hydrogen-bond acceptors (Lipinski definition) is 3. The summed E-state index contributed by atoms with van der Waals surface area (Å²) in [5.41, 5.74) is 0. The minimum atomic E-state index is -1.05. The Morgan fingerprint density at radius 2 is 1.25 bits per heavy atom. The molecular weight excluding hydrogens is 300 g/mol. The summed E-state index contributed by atoms with van der Waals surface area (Å²) in [6.07, 6.45) is 22.2. The van der Waals surface area contributed by atoms with Gasteiger partial charge in [0.05, 0.1) is 6.26 Å². The molecule has 0 bridgehead atoms. The van der Waals surface area contributed by atoms with Crippen LogP contribution in [0.4, 0.5) is 0 Å². The van der Waals surface area contributed by atoms with Crippen molar-refractivity contribution in [2.75, 3.05) is 0 Å². The maximum atomic E-state index is 11.0. The van der Waals surface area contributed by atoms with E-state index in [-0.39, 0.29) is 0 Å². The molecule has 24 heavy (non-hydrogen) atoms. The minimum Gasteiger partial charge on any atom is -0.433 e. The Morgan fingerprint density at radius 1 is 0.833 bits per heavy atom. The molecule has 1 N–H and O–H groups in total. The van der Waals surface area contributed by atoms with Crippen LogP contribution >= 0.6 is 0 Å². The van der Waals surface area contributed by atoms with Gasteiger partial charge in [-0.1, -0.05) is 90.4 Å². The lowest BCUT2D eigenvalue weighted by Crippen LogP contribution is -2.16. The molecule has 0 spiro atoms. The second-order valence-corrected chi connectivity index (χ2v) is 6.87. The zero-order valence-corrected chi connectivity index (χ0v) is 16.1. The summed E-state index contributed by atoms with van der Waals surface area (Å²) in [5, 5.41) is 8.95. The van der Waals surface area contributed by atoms with Crippen LogP contribution in [0.25, 0.3) is 0 Å². The highest BCUT2D eigenvalue weighted by Gasteiger charge is 2.07. The fourth-order valence-electron chi connectivity index (χ4n) is 2.74. The number of carbonyl (C=O) groups is 1. The Labute approximate surface area is 149 Å². The topological polar surface area (TPSA) is 46.5 Å². The second-order valence-electron chi connectivity index (χ2n) is 6.87. The van der Waals surface area contributed by atoms with E-state index in [0.29, 0.717) is 0 Å². The fraction of sp³-hybridized carbons (Fsp3) is 0.857. The van der Waals surface area contributed by atoms with E-state index in [1.54, 1.807) is 0 Å². The Kier molecular flexibility index (Phi) is 17.9. The van der Waals surface area contributed by atoms with Crippen molar-refractivity contribution in [3.8, 4) is 0 Å². The summed E-state index contributed by atoms with van der Waals surface area (Å²) in [7, 11) is 0. The predicted octanol–water partition coefficient (Wildman–Crippen LogP) is 6.30. The first-order valence-electron chi connectivity index (χ1n) is 10.2. The van der Waals surface area contributed by atoms with Crippen LogP contribution in [0, 0.1) is 0 Å². The lowest BCUT2D eigenvalue weighted by atomic mass is 10.0. The molecule has 0 radical (unpaired) electrons. The van der Waals surface area contributed by atoms with Gasteiger partial charge in [-0.2, -0.15) is 0 Å². The van der Waals surface area contributed by atoms with E-state index in [0.717, 1.165) is 12.8 Å². The molecule has 1 unspecified atom stereocenters. The van der Waals surface area contributed by atoms with Crippen LogP contribution in [0.3, 0.4) is 0 Å². The second kappa shape index (κ2) is 18.5. The minimum absolute atomic E-state index is 0.591. The number of allylic oxidation sites excluding steroid dienone is 1. The molecule has 0 saturated carbocycles. The molecule has 0 aliphatic rings. The van der Waals surface area contributed by atoms with E-state index in [4.69, 9.17) is 9.84 Å². The van der Waals surface area contributed by atoms with Gasteiger partial charge in [-0.25, -0.2) is 4.79 Å². The molecule has 0 aromatic rings. The number of unbranched alkanes of at least 4 members (excludes halogenated alkanes) is 14. The van der Waals surface area contributed by atoms with Gasteiger partial charge < -0.3 is 9.84 Å². The van der Waals surface area contributed by atoms with Gasteiger partial charge in [-0.05, 0) is 25.8 Å². The molecule has 0 rings (SSSR count). The Hall–Kier alpha value is -0.830. The van der Waals surface area contributed by atoms with Gasteiger partial charge in [0.2, 0.25) is 0 Å². The number of hydrogen-bond donors (Lipinski definition) is 1. The highest BCUT2D eigenvalue weighted by molar-refractivity contribution is 5.74. The Morgan fingerprint density at radius 3 is 1.67 bits per heavy atom. The summed E-state index contributed by atoms with van der Waals surface area (Å²) in [6, 6.07) is 0. The molecule has 1 atom stereocenters. The van der Waals surface area contributed by atoms with E-state index in [9.17, 15) is 4.79 Å².